The fourth-order valence-electron chi connectivity index (χ4n) is 3.71. The predicted molar refractivity (Wildman–Crippen MR) is 91.2 cm³/mol. The predicted octanol–water partition coefficient (Wildman–Crippen LogP) is 2.44. The van der Waals surface area contributed by atoms with Gasteiger partial charge in [0.25, 0.3) is 5.56 Å². The van der Waals surface area contributed by atoms with E-state index >= 15 is 0 Å². The van der Waals surface area contributed by atoms with Crippen LogP contribution >= 0.6 is 0 Å². The molecule has 2 aliphatic carbocycles. The first-order valence-electron chi connectivity index (χ1n) is 8.95. The molecule has 0 bridgehead atoms. The van der Waals surface area contributed by atoms with Gasteiger partial charge < -0.3 is 14.2 Å². The van der Waals surface area contributed by atoms with Crippen molar-refractivity contribution < 1.29 is 9.53 Å². The van der Waals surface area contributed by atoms with Crippen molar-refractivity contribution in [1.82, 2.24) is 9.47 Å². The first kappa shape index (κ1) is 15.5. The van der Waals surface area contributed by atoms with Crippen LogP contribution in [0.15, 0.2) is 29.1 Å². The molecule has 1 aliphatic heterocycles. The minimum atomic E-state index is 0.00339. The summed E-state index contributed by atoms with van der Waals surface area (Å²) in [7, 11) is 0. The van der Waals surface area contributed by atoms with Crippen LogP contribution in [0, 0.1) is 12.8 Å². The average molecular weight is 328 g/mol. The lowest BCUT2D eigenvalue weighted by atomic mass is 9.92. The molecular weight excluding hydrogens is 304 g/mol. The van der Waals surface area contributed by atoms with E-state index in [1.54, 1.807) is 6.07 Å². The van der Waals surface area contributed by atoms with Crippen LogP contribution in [0.4, 0.5) is 0 Å². The number of likely N-dealkylation sites (tertiary alicyclic amines) is 1. The van der Waals surface area contributed by atoms with Crippen molar-refractivity contribution in [2.45, 2.75) is 51.2 Å². The molecule has 128 valence electrons. The third-order valence-corrected chi connectivity index (χ3v) is 5.23. The van der Waals surface area contributed by atoms with Crippen LogP contribution in [-0.2, 0) is 4.79 Å². The van der Waals surface area contributed by atoms with Gasteiger partial charge in [-0.05, 0) is 45.1 Å². The van der Waals surface area contributed by atoms with E-state index in [0.717, 1.165) is 37.8 Å². The van der Waals surface area contributed by atoms with Crippen molar-refractivity contribution in [3.8, 4) is 5.75 Å². The smallest absolute Gasteiger partial charge is 0.254 e. The molecule has 0 aromatic carbocycles. The average Bonchev–Trinajstić information content (AvgIpc) is 3.35. The Bertz CT molecular complexity index is 727. The van der Waals surface area contributed by atoms with Crippen LogP contribution < -0.4 is 10.3 Å². The van der Waals surface area contributed by atoms with E-state index in [9.17, 15) is 9.59 Å². The number of aromatic nitrogens is 1. The van der Waals surface area contributed by atoms with E-state index in [4.69, 9.17) is 4.74 Å². The van der Waals surface area contributed by atoms with Crippen molar-refractivity contribution in [3.63, 3.8) is 0 Å². The number of ether oxygens (including phenoxy) is 1. The number of aryl methyl sites for hydroxylation is 1. The van der Waals surface area contributed by atoms with Gasteiger partial charge in [0, 0.05) is 23.7 Å². The van der Waals surface area contributed by atoms with Gasteiger partial charge in [0.05, 0.1) is 13.1 Å². The number of hydrogen-bond donors (Lipinski definition) is 0. The summed E-state index contributed by atoms with van der Waals surface area (Å²) in [5.41, 5.74) is 0.981. The molecule has 2 fully saturated rings. The zero-order chi connectivity index (χ0) is 16.7. The van der Waals surface area contributed by atoms with Gasteiger partial charge in [0.1, 0.15) is 11.9 Å². The number of nitrogens with zero attached hydrogens (tertiary/aromatic N) is 2. The molecule has 2 heterocycles. The van der Waals surface area contributed by atoms with Crippen molar-refractivity contribution in [1.29, 1.82) is 0 Å². The minimum absolute atomic E-state index is 0.00339. The van der Waals surface area contributed by atoms with E-state index in [1.807, 2.05) is 22.5 Å². The Hall–Kier alpha value is -2.04. The summed E-state index contributed by atoms with van der Waals surface area (Å²) in [5, 5.41) is 0. The van der Waals surface area contributed by atoms with Gasteiger partial charge in [-0.25, -0.2) is 0 Å². The monoisotopic (exact) mass is 328 g/mol. The molecule has 5 heteroatoms. The van der Waals surface area contributed by atoms with Crippen LogP contribution in [-0.4, -0.2) is 34.6 Å². The second kappa shape index (κ2) is 6.11. The fourth-order valence-corrected chi connectivity index (χ4v) is 3.71. The summed E-state index contributed by atoms with van der Waals surface area (Å²) >= 11 is 0. The molecule has 0 radical (unpaired) electrons. The number of hydrogen-bond acceptors (Lipinski definition) is 3. The van der Waals surface area contributed by atoms with Gasteiger partial charge in [0.2, 0.25) is 5.91 Å². The molecule has 1 amide bonds. The maximum Gasteiger partial charge on any atom is 0.254 e. The zero-order valence-corrected chi connectivity index (χ0v) is 14.1. The second-order valence-corrected chi connectivity index (χ2v) is 7.24. The summed E-state index contributed by atoms with van der Waals surface area (Å²) in [6.07, 6.45) is 9.27. The topological polar surface area (TPSA) is 51.5 Å². The highest BCUT2D eigenvalue weighted by atomic mass is 16.5. The van der Waals surface area contributed by atoms with Gasteiger partial charge in [-0.15, -0.1) is 0 Å². The minimum Gasteiger partial charge on any atom is -0.486 e. The van der Waals surface area contributed by atoms with E-state index in [1.165, 1.54) is 0 Å². The second-order valence-electron chi connectivity index (χ2n) is 7.24. The SMILES string of the molecule is Cc1cc(OC2CN(C(=O)C3CC=CCC3)C2)cc(=O)n1C1CC1. The van der Waals surface area contributed by atoms with Gasteiger partial charge in [0.15, 0.2) is 0 Å². The van der Waals surface area contributed by atoms with Crippen molar-refractivity contribution in [2.75, 3.05) is 13.1 Å². The van der Waals surface area contributed by atoms with E-state index in [0.29, 0.717) is 24.9 Å². The van der Waals surface area contributed by atoms with Gasteiger partial charge in [-0.2, -0.15) is 0 Å². The molecule has 1 saturated carbocycles. The highest BCUT2D eigenvalue weighted by Gasteiger charge is 2.35. The molecular formula is C19H24N2O3. The fraction of sp³-hybridized carbons (Fsp3) is 0.579. The lowest BCUT2D eigenvalue weighted by Gasteiger charge is -2.41. The Morgan fingerprint density at radius 2 is 1.96 bits per heavy atom. The third-order valence-electron chi connectivity index (χ3n) is 5.23. The Morgan fingerprint density at radius 3 is 2.58 bits per heavy atom. The van der Waals surface area contributed by atoms with Crippen LogP contribution in [0.5, 0.6) is 5.75 Å². The highest BCUT2D eigenvalue weighted by Crippen LogP contribution is 2.35. The summed E-state index contributed by atoms with van der Waals surface area (Å²) in [6.45, 7) is 3.22. The maximum absolute atomic E-state index is 12.4. The quantitative estimate of drug-likeness (QED) is 0.798. The Labute approximate surface area is 141 Å². The van der Waals surface area contributed by atoms with E-state index in [2.05, 4.69) is 12.2 Å². The van der Waals surface area contributed by atoms with Gasteiger partial charge >= 0.3 is 0 Å². The molecule has 1 aromatic heterocycles. The molecule has 4 rings (SSSR count). The number of amides is 1. The van der Waals surface area contributed by atoms with Crippen molar-refractivity contribution in [3.05, 3.63) is 40.3 Å². The molecule has 1 aromatic rings. The van der Waals surface area contributed by atoms with Gasteiger partial charge in [-0.3, -0.25) is 9.59 Å². The Kier molecular flexibility index (Phi) is 3.94. The number of allylic oxidation sites excluding steroid dienone is 2. The Morgan fingerprint density at radius 1 is 1.17 bits per heavy atom. The van der Waals surface area contributed by atoms with E-state index in [-0.39, 0.29) is 23.5 Å². The third kappa shape index (κ3) is 2.99. The number of carbonyl (C=O) groups is 1. The molecule has 1 saturated heterocycles. The number of carbonyl (C=O) groups excluding carboxylic acids is 1. The standard InChI is InChI=1S/C19H24N2O3/c1-13-9-16(10-18(22)21(13)15-7-8-15)24-17-11-20(12-17)19(23)14-5-3-2-4-6-14/h2-3,9-10,14-15,17H,4-8,11-12H2,1H3. The number of rotatable bonds is 4. The maximum atomic E-state index is 12.4. The van der Waals surface area contributed by atoms with E-state index < -0.39 is 0 Å². The van der Waals surface area contributed by atoms with Crippen LogP contribution in [0.2, 0.25) is 0 Å². The lowest BCUT2D eigenvalue weighted by Crippen LogP contribution is -2.57. The molecule has 0 spiro atoms. The molecule has 1 atom stereocenters. The molecule has 1 unspecified atom stereocenters. The van der Waals surface area contributed by atoms with Crippen LogP contribution in [0.25, 0.3) is 0 Å². The normalized spacial score (nSPS) is 23.9. The number of pyridine rings is 1. The zero-order valence-electron chi connectivity index (χ0n) is 14.1. The molecule has 0 N–H and O–H groups in total. The lowest BCUT2D eigenvalue weighted by molar-refractivity contribution is -0.144. The Balaban J connectivity index is 1.34. The first-order chi connectivity index (χ1) is 11.6. The molecule has 24 heavy (non-hydrogen) atoms. The van der Waals surface area contributed by atoms with Crippen LogP contribution in [0.3, 0.4) is 0 Å². The highest BCUT2D eigenvalue weighted by molar-refractivity contribution is 5.80. The largest absolute Gasteiger partial charge is 0.486 e. The molecule has 3 aliphatic rings. The van der Waals surface area contributed by atoms with Crippen molar-refractivity contribution >= 4 is 5.91 Å². The van der Waals surface area contributed by atoms with Crippen molar-refractivity contribution in [2.24, 2.45) is 5.92 Å². The van der Waals surface area contributed by atoms with Gasteiger partial charge in [-0.1, -0.05) is 12.2 Å². The summed E-state index contributed by atoms with van der Waals surface area (Å²) in [4.78, 5) is 26.5. The molecule has 5 nitrogen and oxygen atoms in total. The summed E-state index contributed by atoms with van der Waals surface area (Å²) < 4.78 is 7.77. The first-order valence-corrected chi connectivity index (χ1v) is 8.95. The summed E-state index contributed by atoms with van der Waals surface area (Å²) in [5.74, 6) is 1.02. The summed E-state index contributed by atoms with van der Waals surface area (Å²) in [6, 6.07) is 3.91. The van der Waals surface area contributed by atoms with Crippen LogP contribution in [0.1, 0.15) is 43.8 Å².